The summed E-state index contributed by atoms with van der Waals surface area (Å²) in [5.41, 5.74) is 2.10. The highest BCUT2D eigenvalue weighted by atomic mass is 16.5. The minimum atomic E-state index is 0.342. The van der Waals surface area contributed by atoms with Crippen molar-refractivity contribution >= 4 is 0 Å². The van der Waals surface area contributed by atoms with Gasteiger partial charge in [0.25, 0.3) is 5.88 Å². The first-order chi connectivity index (χ1) is 7.06. The number of nitriles is 1. The summed E-state index contributed by atoms with van der Waals surface area (Å²) < 4.78 is 5.43. The lowest BCUT2D eigenvalue weighted by Crippen LogP contribution is -2.09. The number of aromatic nitrogens is 2. The Bertz CT molecular complexity index is 394. The summed E-state index contributed by atoms with van der Waals surface area (Å²) in [5, 5.41) is 16.8. The Morgan fingerprint density at radius 1 is 1.33 bits per heavy atom. The van der Waals surface area contributed by atoms with Gasteiger partial charge in [-0.3, -0.25) is 0 Å². The van der Waals surface area contributed by atoms with E-state index in [1.54, 1.807) is 0 Å². The highest BCUT2D eigenvalue weighted by molar-refractivity contribution is 5.44. The van der Waals surface area contributed by atoms with Gasteiger partial charge in [-0.15, -0.1) is 5.10 Å². The molecule has 0 aliphatic heterocycles. The molecule has 0 aliphatic rings. The Kier molecular flexibility index (Phi) is 3.62. The summed E-state index contributed by atoms with van der Waals surface area (Å²) in [6.45, 7) is 8.31. The maximum atomic E-state index is 8.99. The molecule has 80 valence electrons. The molecule has 0 bridgehead atoms. The molecule has 0 aromatic carbocycles. The number of rotatable bonds is 3. The molecular weight excluding hydrogens is 190 g/mol. The van der Waals surface area contributed by atoms with E-state index < -0.39 is 0 Å². The Hall–Kier alpha value is -1.63. The van der Waals surface area contributed by atoms with Gasteiger partial charge in [-0.2, -0.15) is 10.4 Å². The summed E-state index contributed by atoms with van der Waals surface area (Å²) in [5.74, 6) is 0.745. The first-order valence-electron chi connectivity index (χ1n) is 4.93. The molecule has 0 atom stereocenters. The van der Waals surface area contributed by atoms with E-state index in [0.717, 1.165) is 11.3 Å². The van der Waals surface area contributed by atoms with Gasteiger partial charge in [0.15, 0.2) is 0 Å². The van der Waals surface area contributed by atoms with Crippen LogP contribution in [0.25, 0.3) is 0 Å². The van der Waals surface area contributed by atoms with Crippen molar-refractivity contribution in [3.05, 3.63) is 16.8 Å². The van der Waals surface area contributed by atoms with Gasteiger partial charge in [0.05, 0.1) is 12.3 Å². The topological polar surface area (TPSA) is 58.8 Å². The molecule has 1 aromatic heterocycles. The number of aryl methyl sites for hydroxylation is 1. The molecule has 1 aromatic rings. The van der Waals surface area contributed by atoms with E-state index in [9.17, 15) is 0 Å². The smallest absolute Gasteiger partial charge is 0.251 e. The molecular formula is C11H15N3O. The van der Waals surface area contributed by atoms with Crippen molar-refractivity contribution in [1.82, 2.24) is 10.2 Å². The van der Waals surface area contributed by atoms with E-state index >= 15 is 0 Å². The zero-order valence-electron chi connectivity index (χ0n) is 9.53. The van der Waals surface area contributed by atoms with E-state index in [-0.39, 0.29) is 0 Å². The van der Waals surface area contributed by atoms with Crippen LogP contribution in [0.3, 0.4) is 0 Å². The van der Waals surface area contributed by atoms with E-state index in [2.05, 4.69) is 16.3 Å². The molecule has 0 unspecified atom stereocenters. The van der Waals surface area contributed by atoms with Crippen molar-refractivity contribution in [2.75, 3.05) is 6.61 Å². The molecule has 0 radical (unpaired) electrons. The first kappa shape index (κ1) is 11.4. The van der Waals surface area contributed by atoms with Crippen LogP contribution < -0.4 is 4.74 Å². The Morgan fingerprint density at radius 2 is 2.00 bits per heavy atom. The van der Waals surface area contributed by atoms with Crippen LogP contribution in [0.5, 0.6) is 5.88 Å². The second-order valence-electron chi connectivity index (χ2n) is 3.91. The molecule has 0 aliphatic carbocycles. The quantitative estimate of drug-likeness (QED) is 0.757. The maximum Gasteiger partial charge on any atom is 0.251 e. The van der Waals surface area contributed by atoms with Gasteiger partial charge in [-0.25, -0.2) is 0 Å². The van der Waals surface area contributed by atoms with E-state index in [1.807, 2.05) is 27.7 Å². The molecule has 1 heterocycles. The van der Waals surface area contributed by atoms with Gasteiger partial charge in [0.1, 0.15) is 11.6 Å². The highest BCUT2D eigenvalue weighted by Gasteiger charge is 2.12. The molecule has 4 nitrogen and oxygen atoms in total. The number of hydrogen-bond donors (Lipinski definition) is 0. The third kappa shape index (κ3) is 2.66. The fraction of sp³-hybridized carbons (Fsp3) is 0.545. The van der Waals surface area contributed by atoms with Crippen LogP contribution in [0.15, 0.2) is 0 Å². The predicted molar refractivity (Wildman–Crippen MR) is 56.6 cm³/mol. The molecule has 0 saturated heterocycles. The predicted octanol–water partition coefficient (Wildman–Crippen LogP) is 2.00. The highest BCUT2D eigenvalue weighted by Crippen LogP contribution is 2.19. The molecule has 0 N–H and O–H groups in total. The molecule has 4 heteroatoms. The normalized spacial score (nSPS) is 10.1. The Labute approximate surface area is 89.9 Å². The van der Waals surface area contributed by atoms with Crippen LogP contribution in [-0.2, 0) is 0 Å². The first-order valence-corrected chi connectivity index (χ1v) is 4.93. The minimum Gasteiger partial charge on any atom is -0.475 e. The lowest BCUT2D eigenvalue weighted by Gasteiger charge is -2.10. The number of hydrogen-bond acceptors (Lipinski definition) is 4. The lowest BCUT2D eigenvalue weighted by molar-refractivity contribution is 0.257. The lowest BCUT2D eigenvalue weighted by atomic mass is 10.1. The van der Waals surface area contributed by atoms with E-state index in [4.69, 9.17) is 10.00 Å². The fourth-order valence-corrected chi connectivity index (χ4v) is 1.07. The van der Waals surface area contributed by atoms with E-state index in [0.29, 0.717) is 24.0 Å². The average Bonchev–Trinajstić information content (AvgIpc) is 2.19. The summed E-state index contributed by atoms with van der Waals surface area (Å²) in [4.78, 5) is 0. The molecule has 15 heavy (non-hydrogen) atoms. The van der Waals surface area contributed by atoms with Gasteiger partial charge in [-0.1, -0.05) is 13.8 Å². The fourth-order valence-electron chi connectivity index (χ4n) is 1.07. The zero-order chi connectivity index (χ0) is 11.4. The van der Waals surface area contributed by atoms with Crippen LogP contribution in [0, 0.1) is 31.1 Å². The minimum absolute atomic E-state index is 0.342. The van der Waals surface area contributed by atoms with Crippen molar-refractivity contribution < 1.29 is 4.74 Å². The zero-order valence-corrected chi connectivity index (χ0v) is 9.53. The van der Waals surface area contributed by atoms with Gasteiger partial charge in [0, 0.05) is 0 Å². The number of nitrogens with zero attached hydrogens (tertiary/aromatic N) is 3. The second kappa shape index (κ2) is 4.74. The summed E-state index contributed by atoms with van der Waals surface area (Å²) in [6.07, 6.45) is 0. The summed E-state index contributed by atoms with van der Waals surface area (Å²) in [7, 11) is 0. The molecule has 1 rings (SSSR count). The SMILES string of the molecule is Cc1nnc(OCC(C)C)c(C#N)c1C. The van der Waals surface area contributed by atoms with E-state index in [1.165, 1.54) is 0 Å². The van der Waals surface area contributed by atoms with Crippen LogP contribution in [-0.4, -0.2) is 16.8 Å². The van der Waals surface area contributed by atoms with Gasteiger partial charge in [-0.05, 0) is 25.3 Å². The van der Waals surface area contributed by atoms with Crippen LogP contribution >= 0.6 is 0 Å². The van der Waals surface area contributed by atoms with Crippen molar-refractivity contribution in [2.45, 2.75) is 27.7 Å². The molecule has 0 saturated carbocycles. The van der Waals surface area contributed by atoms with Crippen molar-refractivity contribution in [3.63, 3.8) is 0 Å². The monoisotopic (exact) mass is 205 g/mol. The third-order valence-corrected chi connectivity index (χ3v) is 2.09. The maximum absolute atomic E-state index is 8.99. The Balaban J connectivity index is 2.99. The van der Waals surface area contributed by atoms with Gasteiger partial charge >= 0.3 is 0 Å². The van der Waals surface area contributed by atoms with Gasteiger partial charge < -0.3 is 4.74 Å². The average molecular weight is 205 g/mol. The van der Waals surface area contributed by atoms with Crippen LogP contribution in [0.2, 0.25) is 0 Å². The molecule has 0 spiro atoms. The third-order valence-electron chi connectivity index (χ3n) is 2.09. The Morgan fingerprint density at radius 3 is 2.53 bits per heavy atom. The largest absolute Gasteiger partial charge is 0.475 e. The second-order valence-corrected chi connectivity index (χ2v) is 3.91. The molecule has 0 amide bonds. The number of ether oxygens (including phenoxy) is 1. The standard InChI is InChI=1S/C11H15N3O/c1-7(2)6-15-11-10(5-12)8(3)9(4)13-14-11/h7H,6H2,1-4H3. The van der Waals surface area contributed by atoms with Crippen LogP contribution in [0.1, 0.15) is 30.7 Å². The summed E-state index contributed by atoms with van der Waals surface area (Å²) >= 11 is 0. The van der Waals surface area contributed by atoms with Crippen molar-refractivity contribution in [2.24, 2.45) is 5.92 Å². The van der Waals surface area contributed by atoms with Crippen molar-refractivity contribution in [1.29, 1.82) is 5.26 Å². The van der Waals surface area contributed by atoms with Crippen LogP contribution in [0.4, 0.5) is 0 Å². The van der Waals surface area contributed by atoms with Gasteiger partial charge in [0.2, 0.25) is 0 Å². The summed E-state index contributed by atoms with van der Waals surface area (Å²) in [6, 6.07) is 2.10. The molecule has 0 fully saturated rings. The van der Waals surface area contributed by atoms with Crippen molar-refractivity contribution in [3.8, 4) is 11.9 Å².